The summed E-state index contributed by atoms with van der Waals surface area (Å²) in [6, 6.07) is 4.89. The number of nitrogens with one attached hydrogen (secondary N) is 2. The normalized spacial score (nSPS) is 16.5. The number of hydrogen-bond acceptors (Lipinski definition) is 3. The van der Waals surface area contributed by atoms with Crippen LogP contribution in [0.25, 0.3) is 0 Å². The number of benzene rings is 1. The smallest absolute Gasteiger partial charge is 0.257 e. The molecule has 1 amide bonds. The molecule has 124 valence electrons. The number of carbonyl (C=O) groups is 1. The van der Waals surface area contributed by atoms with Crippen molar-refractivity contribution < 1.29 is 9.53 Å². The van der Waals surface area contributed by atoms with Crippen molar-refractivity contribution in [1.82, 2.24) is 10.6 Å². The molecule has 7 heteroatoms. The summed E-state index contributed by atoms with van der Waals surface area (Å²) in [7, 11) is 0. The van der Waals surface area contributed by atoms with E-state index in [1.807, 2.05) is 0 Å². The van der Waals surface area contributed by atoms with Crippen LogP contribution in [0.5, 0.6) is 5.75 Å². The highest BCUT2D eigenvalue weighted by molar-refractivity contribution is 6.34. The van der Waals surface area contributed by atoms with Gasteiger partial charge in [0, 0.05) is 16.6 Å². The molecule has 1 heterocycles. The van der Waals surface area contributed by atoms with Crippen molar-refractivity contribution >= 4 is 41.5 Å². The Morgan fingerprint density at radius 2 is 1.86 bits per heavy atom. The van der Waals surface area contributed by atoms with Gasteiger partial charge < -0.3 is 15.4 Å². The number of carbonyl (C=O) groups excluding carboxylic acids is 1. The zero-order valence-corrected chi connectivity index (χ0v) is 14.8. The first kappa shape index (κ1) is 19.4. The SMILES string of the molecule is CC1(CNC(=O)COc2cc(Cl)cc(Cl)c2)CCNCC1.Cl. The molecule has 0 aliphatic carbocycles. The van der Waals surface area contributed by atoms with Gasteiger partial charge in [-0.15, -0.1) is 12.4 Å². The summed E-state index contributed by atoms with van der Waals surface area (Å²) in [5.74, 6) is 0.363. The first-order valence-corrected chi connectivity index (χ1v) is 7.79. The summed E-state index contributed by atoms with van der Waals surface area (Å²) in [4.78, 5) is 11.9. The number of amides is 1. The molecule has 0 spiro atoms. The van der Waals surface area contributed by atoms with E-state index in [0.717, 1.165) is 25.9 Å². The molecule has 1 aromatic rings. The first-order valence-electron chi connectivity index (χ1n) is 7.03. The number of ether oxygens (including phenoxy) is 1. The van der Waals surface area contributed by atoms with Crippen molar-refractivity contribution in [2.75, 3.05) is 26.2 Å². The Bertz CT molecular complexity index is 485. The number of piperidine rings is 1. The van der Waals surface area contributed by atoms with Crippen LogP contribution in [0.3, 0.4) is 0 Å². The second kappa shape index (κ2) is 8.82. The molecule has 0 radical (unpaired) electrons. The minimum absolute atomic E-state index is 0. The van der Waals surface area contributed by atoms with Crippen LogP contribution in [-0.2, 0) is 4.79 Å². The lowest BCUT2D eigenvalue weighted by atomic mass is 9.81. The van der Waals surface area contributed by atoms with Crippen LogP contribution in [0.2, 0.25) is 10.0 Å². The fourth-order valence-electron chi connectivity index (χ4n) is 2.33. The predicted molar refractivity (Wildman–Crippen MR) is 92.4 cm³/mol. The summed E-state index contributed by atoms with van der Waals surface area (Å²) in [5, 5.41) is 7.23. The van der Waals surface area contributed by atoms with Gasteiger partial charge >= 0.3 is 0 Å². The summed E-state index contributed by atoms with van der Waals surface area (Å²) in [5.41, 5.74) is 0.167. The van der Waals surface area contributed by atoms with E-state index in [2.05, 4.69) is 17.6 Å². The molecule has 1 aliphatic heterocycles. The maximum atomic E-state index is 11.9. The highest BCUT2D eigenvalue weighted by Gasteiger charge is 2.26. The van der Waals surface area contributed by atoms with E-state index in [0.29, 0.717) is 22.3 Å². The fraction of sp³-hybridized carbons (Fsp3) is 0.533. The highest BCUT2D eigenvalue weighted by Crippen LogP contribution is 2.27. The van der Waals surface area contributed by atoms with Crippen molar-refractivity contribution in [3.63, 3.8) is 0 Å². The lowest BCUT2D eigenvalue weighted by molar-refractivity contribution is -0.123. The van der Waals surface area contributed by atoms with E-state index in [-0.39, 0.29) is 30.3 Å². The summed E-state index contributed by atoms with van der Waals surface area (Å²) >= 11 is 11.8. The maximum absolute atomic E-state index is 11.9. The predicted octanol–water partition coefficient (Wildman–Crippen LogP) is 3.30. The van der Waals surface area contributed by atoms with E-state index < -0.39 is 0 Å². The molecular weight excluding hydrogens is 347 g/mol. The van der Waals surface area contributed by atoms with Gasteiger partial charge in [-0.1, -0.05) is 30.1 Å². The topological polar surface area (TPSA) is 50.4 Å². The summed E-state index contributed by atoms with van der Waals surface area (Å²) in [6.45, 7) is 4.84. The Morgan fingerprint density at radius 3 is 2.45 bits per heavy atom. The van der Waals surface area contributed by atoms with Gasteiger partial charge in [-0.25, -0.2) is 0 Å². The Balaban J connectivity index is 0.00000242. The standard InChI is InChI=1S/C15H20Cl2N2O2.ClH/c1-15(2-4-18-5-3-15)10-19-14(20)9-21-13-7-11(16)6-12(17)8-13;/h6-8,18H,2-5,9-10H2,1H3,(H,19,20);1H. The second-order valence-electron chi connectivity index (χ2n) is 5.73. The molecule has 4 nitrogen and oxygen atoms in total. The maximum Gasteiger partial charge on any atom is 0.257 e. The van der Waals surface area contributed by atoms with E-state index in [1.165, 1.54) is 0 Å². The Labute approximate surface area is 147 Å². The molecular formula is C15H21Cl3N2O2. The van der Waals surface area contributed by atoms with E-state index in [4.69, 9.17) is 27.9 Å². The van der Waals surface area contributed by atoms with Crippen LogP contribution in [-0.4, -0.2) is 32.1 Å². The minimum atomic E-state index is -0.133. The second-order valence-corrected chi connectivity index (χ2v) is 6.60. The molecule has 1 fully saturated rings. The van der Waals surface area contributed by atoms with Gasteiger partial charge in [-0.05, 0) is 49.5 Å². The molecule has 0 atom stereocenters. The van der Waals surface area contributed by atoms with Crippen LogP contribution in [0.15, 0.2) is 18.2 Å². The Hall–Kier alpha value is -0.680. The zero-order chi connectivity index (χ0) is 15.3. The highest BCUT2D eigenvalue weighted by atomic mass is 35.5. The fourth-order valence-corrected chi connectivity index (χ4v) is 2.84. The monoisotopic (exact) mass is 366 g/mol. The zero-order valence-electron chi connectivity index (χ0n) is 12.5. The molecule has 1 aliphatic rings. The van der Waals surface area contributed by atoms with Crippen LogP contribution < -0.4 is 15.4 Å². The average molecular weight is 368 g/mol. The van der Waals surface area contributed by atoms with Gasteiger partial charge in [0.05, 0.1) is 0 Å². The third-order valence-corrected chi connectivity index (χ3v) is 4.17. The minimum Gasteiger partial charge on any atom is -0.484 e. The molecule has 1 saturated heterocycles. The third kappa shape index (κ3) is 6.21. The molecule has 22 heavy (non-hydrogen) atoms. The van der Waals surface area contributed by atoms with Gasteiger partial charge in [0.25, 0.3) is 5.91 Å². The molecule has 1 aromatic carbocycles. The van der Waals surface area contributed by atoms with Gasteiger partial charge in [-0.2, -0.15) is 0 Å². The number of hydrogen-bond donors (Lipinski definition) is 2. The summed E-state index contributed by atoms with van der Waals surface area (Å²) in [6.07, 6.45) is 2.13. The molecule has 0 unspecified atom stereocenters. The Kier molecular flexibility index (Phi) is 7.77. The quantitative estimate of drug-likeness (QED) is 0.839. The molecule has 2 N–H and O–H groups in total. The first-order chi connectivity index (χ1) is 9.97. The molecule has 0 aromatic heterocycles. The van der Waals surface area contributed by atoms with Gasteiger partial charge in [0.2, 0.25) is 0 Å². The van der Waals surface area contributed by atoms with Gasteiger partial charge in [0.15, 0.2) is 6.61 Å². The number of halogens is 3. The van der Waals surface area contributed by atoms with Crippen LogP contribution in [0, 0.1) is 5.41 Å². The van der Waals surface area contributed by atoms with E-state index >= 15 is 0 Å². The van der Waals surface area contributed by atoms with Crippen molar-refractivity contribution in [3.05, 3.63) is 28.2 Å². The van der Waals surface area contributed by atoms with Crippen molar-refractivity contribution in [2.45, 2.75) is 19.8 Å². The van der Waals surface area contributed by atoms with Crippen molar-refractivity contribution in [3.8, 4) is 5.75 Å². The van der Waals surface area contributed by atoms with Gasteiger partial charge in [0.1, 0.15) is 5.75 Å². The molecule has 2 rings (SSSR count). The van der Waals surface area contributed by atoms with Crippen molar-refractivity contribution in [2.24, 2.45) is 5.41 Å². The third-order valence-electron chi connectivity index (χ3n) is 3.73. The Morgan fingerprint density at radius 1 is 1.27 bits per heavy atom. The number of rotatable bonds is 5. The molecule has 0 bridgehead atoms. The lowest BCUT2D eigenvalue weighted by Gasteiger charge is -2.34. The van der Waals surface area contributed by atoms with Crippen molar-refractivity contribution in [1.29, 1.82) is 0 Å². The van der Waals surface area contributed by atoms with Crippen LogP contribution >= 0.6 is 35.6 Å². The largest absolute Gasteiger partial charge is 0.484 e. The summed E-state index contributed by atoms with van der Waals surface area (Å²) < 4.78 is 5.41. The van der Waals surface area contributed by atoms with E-state index in [9.17, 15) is 4.79 Å². The molecule has 0 saturated carbocycles. The lowest BCUT2D eigenvalue weighted by Crippen LogP contribution is -2.43. The van der Waals surface area contributed by atoms with E-state index in [1.54, 1.807) is 18.2 Å². The van der Waals surface area contributed by atoms with Crippen LogP contribution in [0.1, 0.15) is 19.8 Å². The van der Waals surface area contributed by atoms with Gasteiger partial charge in [-0.3, -0.25) is 4.79 Å². The average Bonchev–Trinajstić information content (AvgIpc) is 2.43. The van der Waals surface area contributed by atoms with Crippen LogP contribution in [0.4, 0.5) is 0 Å².